The SMILES string of the molecule is [C-]#[N+][C@]1(C)CC(F)(F)CN1C(=O)CC[CH2-].[Y]. The minimum Gasteiger partial charge on any atom is -0.343 e. The maximum absolute atomic E-state index is 13.1. The molecule has 0 unspecified atom stereocenters. The van der Waals surface area contributed by atoms with Gasteiger partial charge in [0.05, 0.1) is 6.54 Å². The van der Waals surface area contributed by atoms with Crippen LogP contribution < -0.4 is 0 Å². The zero-order valence-corrected chi connectivity index (χ0v) is 12.0. The van der Waals surface area contributed by atoms with Gasteiger partial charge in [0, 0.05) is 39.6 Å². The Morgan fingerprint density at radius 3 is 2.62 bits per heavy atom. The molecule has 1 rings (SSSR count). The molecule has 0 saturated carbocycles. The van der Waals surface area contributed by atoms with Crippen LogP contribution >= 0.6 is 0 Å². The van der Waals surface area contributed by atoms with Crippen LogP contribution in [0.4, 0.5) is 8.78 Å². The molecule has 0 aromatic heterocycles. The zero-order chi connectivity index (χ0) is 11.7. The van der Waals surface area contributed by atoms with E-state index in [-0.39, 0.29) is 39.1 Å². The molecule has 0 aromatic carbocycles. The predicted octanol–water partition coefficient (Wildman–Crippen LogP) is 2.10. The number of halogens is 2. The molecule has 3 nitrogen and oxygen atoms in total. The first-order chi connectivity index (χ1) is 6.84. The molecule has 1 amide bonds. The Morgan fingerprint density at radius 2 is 2.19 bits per heavy atom. The van der Waals surface area contributed by atoms with Gasteiger partial charge in [0.15, 0.2) is 0 Å². The Morgan fingerprint density at radius 1 is 1.62 bits per heavy atom. The number of likely N-dealkylation sites (tertiary alicyclic amines) is 1. The minimum absolute atomic E-state index is 0. The molecule has 1 aliphatic rings. The van der Waals surface area contributed by atoms with Gasteiger partial charge >= 0.3 is 5.66 Å². The zero-order valence-electron chi connectivity index (χ0n) is 9.17. The second-order valence-electron chi connectivity index (χ2n) is 3.94. The van der Waals surface area contributed by atoms with Crippen molar-refractivity contribution in [3.05, 3.63) is 18.3 Å². The third-order valence-electron chi connectivity index (χ3n) is 2.50. The van der Waals surface area contributed by atoms with Crippen molar-refractivity contribution >= 4 is 5.91 Å². The van der Waals surface area contributed by atoms with Gasteiger partial charge in [-0.15, -0.1) is 0 Å². The van der Waals surface area contributed by atoms with Crippen molar-refractivity contribution in [3.8, 4) is 0 Å². The number of carbonyl (C=O) groups is 1. The van der Waals surface area contributed by atoms with E-state index in [1.54, 1.807) is 0 Å². The third kappa shape index (κ3) is 3.21. The largest absolute Gasteiger partial charge is 0.343 e. The third-order valence-corrected chi connectivity index (χ3v) is 2.50. The van der Waals surface area contributed by atoms with Crippen LogP contribution in [0.5, 0.6) is 0 Å². The topological polar surface area (TPSA) is 24.7 Å². The van der Waals surface area contributed by atoms with E-state index in [0.717, 1.165) is 4.90 Å². The van der Waals surface area contributed by atoms with Crippen LogP contribution in [-0.2, 0) is 37.5 Å². The van der Waals surface area contributed by atoms with E-state index in [1.807, 2.05) is 0 Å². The number of hydrogen-bond acceptors (Lipinski definition) is 1. The van der Waals surface area contributed by atoms with Crippen molar-refractivity contribution in [1.29, 1.82) is 0 Å². The fourth-order valence-corrected chi connectivity index (χ4v) is 1.79. The summed E-state index contributed by atoms with van der Waals surface area (Å²) in [5, 5.41) is 0. The number of alkyl halides is 2. The van der Waals surface area contributed by atoms with Crippen molar-refractivity contribution in [2.24, 2.45) is 0 Å². The Balaban J connectivity index is 0.00000225. The standard InChI is InChI=1S/C10H13F2N2O.Y/c1-4-5-8(15)14-7-10(11,12)6-9(14,2)13-3;/h1,4-7H2,2H3;/q-1;/t9-;/m0./s1. The normalized spacial score (nSPS) is 27.1. The molecule has 1 fully saturated rings. The summed E-state index contributed by atoms with van der Waals surface area (Å²) >= 11 is 0. The second kappa shape index (κ2) is 5.51. The number of amides is 1. The van der Waals surface area contributed by atoms with Crippen molar-refractivity contribution in [1.82, 2.24) is 4.90 Å². The first-order valence-corrected chi connectivity index (χ1v) is 4.71. The first-order valence-electron chi connectivity index (χ1n) is 4.71. The summed E-state index contributed by atoms with van der Waals surface area (Å²) in [5.41, 5.74) is -1.39. The smallest absolute Gasteiger partial charge is 0.313 e. The molecule has 16 heavy (non-hydrogen) atoms. The van der Waals surface area contributed by atoms with Crippen molar-refractivity contribution < 1.29 is 46.3 Å². The average molecular weight is 304 g/mol. The fourth-order valence-electron chi connectivity index (χ4n) is 1.79. The van der Waals surface area contributed by atoms with E-state index in [4.69, 9.17) is 6.57 Å². The van der Waals surface area contributed by atoms with Crippen molar-refractivity contribution in [3.63, 3.8) is 0 Å². The molecule has 1 aliphatic heterocycles. The van der Waals surface area contributed by atoms with Crippen molar-refractivity contribution in [2.45, 2.75) is 37.8 Å². The van der Waals surface area contributed by atoms with E-state index in [0.29, 0.717) is 6.42 Å². The molecule has 6 heteroatoms. The molecule has 1 atom stereocenters. The van der Waals surface area contributed by atoms with Gasteiger partial charge in [0.2, 0.25) is 5.91 Å². The van der Waals surface area contributed by atoms with Gasteiger partial charge in [-0.3, -0.25) is 14.5 Å². The second-order valence-corrected chi connectivity index (χ2v) is 3.94. The summed E-state index contributed by atoms with van der Waals surface area (Å²) < 4.78 is 26.2. The van der Waals surface area contributed by atoms with Crippen LogP contribution in [0.1, 0.15) is 26.2 Å². The van der Waals surface area contributed by atoms with Crippen LogP contribution in [0.3, 0.4) is 0 Å². The number of rotatable bonds is 2. The van der Waals surface area contributed by atoms with E-state index >= 15 is 0 Å². The maximum atomic E-state index is 13.1. The molecule has 1 radical (unpaired) electrons. The maximum Gasteiger partial charge on any atom is 0.313 e. The number of carbonyl (C=O) groups excluding carboxylic acids is 1. The summed E-state index contributed by atoms with van der Waals surface area (Å²) in [6.07, 6.45) is -0.109. The average Bonchev–Trinajstić information content (AvgIpc) is 2.38. The van der Waals surface area contributed by atoms with Crippen LogP contribution in [0, 0.1) is 13.5 Å². The van der Waals surface area contributed by atoms with Gasteiger partial charge in [-0.25, -0.2) is 15.4 Å². The molecule has 0 bridgehead atoms. The number of nitrogens with zero attached hydrogens (tertiary/aromatic N) is 2. The predicted molar refractivity (Wildman–Crippen MR) is 50.9 cm³/mol. The minimum atomic E-state index is -2.95. The molecular formula is C10H13F2N2OY-. The van der Waals surface area contributed by atoms with Crippen molar-refractivity contribution in [2.75, 3.05) is 6.54 Å². The molecular weight excluding hydrogens is 291 g/mol. The molecule has 87 valence electrons. The summed E-state index contributed by atoms with van der Waals surface area (Å²) in [4.78, 5) is 15.6. The van der Waals surface area contributed by atoms with Crippen LogP contribution in [0.2, 0.25) is 0 Å². The molecule has 0 aromatic rings. The molecule has 1 heterocycles. The molecule has 1 saturated heterocycles. The van der Waals surface area contributed by atoms with E-state index in [1.165, 1.54) is 6.92 Å². The van der Waals surface area contributed by atoms with Gasteiger partial charge in [0.1, 0.15) is 6.42 Å². The summed E-state index contributed by atoms with van der Waals surface area (Å²) in [5.74, 6) is -3.36. The van der Waals surface area contributed by atoms with Gasteiger partial charge < -0.3 is 6.92 Å². The Hall–Kier alpha value is -0.0761. The van der Waals surface area contributed by atoms with Crippen LogP contribution in [-0.4, -0.2) is 28.9 Å². The van der Waals surface area contributed by atoms with E-state index < -0.39 is 30.5 Å². The summed E-state index contributed by atoms with van der Waals surface area (Å²) in [7, 11) is 0. The molecule has 0 spiro atoms. The Bertz CT molecular complexity index is 316. The van der Waals surface area contributed by atoms with Gasteiger partial charge in [-0.1, -0.05) is 0 Å². The monoisotopic (exact) mass is 304 g/mol. The Kier molecular flexibility index (Phi) is 5.48. The summed E-state index contributed by atoms with van der Waals surface area (Å²) in [6.45, 7) is 11.1. The fraction of sp³-hybridized carbons (Fsp3) is 0.700. The van der Waals surface area contributed by atoms with Crippen LogP contribution in [0.25, 0.3) is 4.85 Å². The van der Waals surface area contributed by atoms with E-state index in [9.17, 15) is 13.6 Å². The quantitative estimate of drug-likeness (QED) is 0.717. The molecule has 0 N–H and O–H groups in total. The number of hydrogen-bond donors (Lipinski definition) is 0. The molecule has 0 aliphatic carbocycles. The Labute approximate surface area is 119 Å². The first kappa shape index (κ1) is 15.9. The van der Waals surface area contributed by atoms with Gasteiger partial charge in [-0.05, 0) is 6.42 Å². The van der Waals surface area contributed by atoms with Gasteiger partial charge in [0.25, 0.3) is 5.92 Å². The summed E-state index contributed by atoms with van der Waals surface area (Å²) in [6, 6.07) is 0. The van der Waals surface area contributed by atoms with Gasteiger partial charge in [-0.2, -0.15) is 6.42 Å². The van der Waals surface area contributed by atoms with Crippen LogP contribution in [0.15, 0.2) is 0 Å². The van der Waals surface area contributed by atoms with E-state index in [2.05, 4.69) is 11.8 Å².